The maximum Gasteiger partial charge on any atom is 0.407 e. The number of carbonyl (C=O) groups is 2. The summed E-state index contributed by atoms with van der Waals surface area (Å²) in [5.74, 6) is 0.101. The zero-order valence-electron chi connectivity index (χ0n) is 14.1. The molecule has 0 aliphatic carbocycles. The summed E-state index contributed by atoms with van der Waals surface area (Å²) < 4.78 is 9.67. The maximum absolute atomic E-state index is 11.4. The van der Waals surface area contributed by atoms with Crippen LogP contribution in [0.1, 0.15) is 24.3 Å². The SMILES string of the molecule is C=CCOC(=O)NCC[C@H](CCNC(=O)COC)c1ccccc1. The summed E-state index contributed by atoms with van der Waals surface area (Å²) in [6.07, 6.45) is 2.61. The predicted molar refractivity (Wildman–Crippen MR) is 92.9 cm³/mol. The van der Waals surface area contributed by atoms with Gasteiger partial charge in [-0.1, -0.05) is 43.0 Å². The zero-order valence-corrected chi connectivity index (χ0v) is 14.1. The van der Waals surface area contributed by atoms with E-state index in [-0.39, 0.29) is 25.0 Å². The Balaban J connectivity index is 2.45. The van der Waals surface area contributed by atoms with E-state index in [2.05, 4.69) is 29.3 Å². The number of hydrogen-bond donors (Lipinski definition) is 2. The monoisotopic (exact) mass is 334 g/mol. The molecule has 0 aliphatic heterocycles. The van der Waals surface area contributed by atoms with Crippen molar-refractivity contribution in [3.05, 3.63) is 48.6 Å². The van der Waals surface area contributed by atoms with E-state index in [0.717, 1.165) is 12.8 Å². The van der Waals surface area contributed by atoms with Gasteiger partial charge in [-0.3, -0.25) is 4.79 Å². The molecule has 6 heteroatoms. The number of ether oxygens (including phenoxy) is 2. The highest BCUT2D eigenvalue weighted by atomic mass is 16.5. The molecule has 0 unspecified atom stereocenters. The minimum Gasteiger partial charge on any atom is -0.445 e. The molecule has 0 radical (unpaired) electrons. The largest absolute Gasteiger partial charge is 0.445 e. The number of nitrogens with one attached hydrogen (secondary N) is 2. The zero-order chi connectivity index (χ0) is 17.6. The first-order chi connectivity index (χ1) is 11.7. The van der Waals surface area contributed by atoms with Crippen LogP contribution in [0, 0.1) is 0 Å². The van der Waals surface area contributed by atoms with E-state index in [4.69, 9.17) is 9.47 Å². The molecule has 0 saturated carbocycles. The van der Waals surface area contributed by atoms with Gasteiger partial charge in [-0.2, -0.15) is 0 Å². The molecule has 6 nitrogen and oxygen atoms in total. The average Bonchev–Trinajstić information content (AvgIpc) is 2.59. The molecule has 0 bridgehead atoms. The lowest BCUT2D eigenvalue weighted by atomic mass is 9.92. The number of hydrogen-bond acceptors (Lipinski definition) is 4. The van der Waals surface area contributed by atoms with Crippen LogP contribution in [-0.2, 0) is 14.3 Å². The van der Waals surface area contributed by atoms with Gasteiger partial charge < -0.3 is 20.1 Å². The van der Waals surface area contributed by atoms with Gasteiger partial charge in [-0.25, -0.2) is 4.79 Å². The van der Waals surface area contributed by atoms with Gasteiger partial charge in [0.1, 0.15) is 13.2 Å². The van der Waals surface area contributed by atoms with Gasteiger partial charge >= 0.3 is 6.09 Å². The Hall–Kier alpha value is -2.34. The van der Waals surface area contributed by atoms with Crippen molar-refractivity contribution >= 4 is 12.0 Å². The van der Waals surface area contributed by atoms with E-state index in [1.807, 2.05) is 18.2 Å². The minimum absolute atomic E-state index is 0.0622. The normalized spacial score (nSPS) is 11.4. The van der Waals surface area contributed by atoms with E-state index in [1.165, 1.54) is 18.7 Å². The van der Waals surface area contributed by atoms with Crippen molar-refractivity contribution in [1.82, 2.24) is 10.6 Å². The van der Waals surface area contributed by atoms with E-state index in [1.54, 1.807) is 0 Å². The molecule has 24 heavy (non-hydrogen) atoms. The van der Waals surface area contributed by atoms with Crippen LogP contribution < -0.4 is 10.6 Å². The number of carbonyl (C=O) groups excluding carboxylic acids is 2. The molecule has 1 aromatic rings. The second-order valence-electron chi connectivity index (χ2n) is 5.28. The Labute approximate surface area is 143 Å². The van der Waals surface area contributed by atoms with Crippen LogP contribution in [0.3, 0.4) is 0 Å². The standard InChI is InChI=1S/C18H26N2O4/c1-3-13-24-18(22)20-12-10-16(15-7-5-4-6-8-15)9-11-19-17(21)14-23-2/h3-8,16H,1,9-14H2,2H3,(H,19,21)(H,20,22)/t16-/m0/s1. The number of alkyl carbamates (subject to hydrolysis) is 1. The van der Waals surface area contributed by atoms with Crippen molar-refractivity contribution in [1.29, 1.82) is 0 Å². The molecular weight excluding hydrogens is 308 g/mol. The second-order valence-corrected chi connectivity index (χ2v) is 5.28. The summed E-state index contributed by atoms with van der Waals surface area (Å²) in [6.45, 7) is 4.81. The fourth-order valence-electron chi connectivity index (χ4n) is 2.30. The van der Waals surface area contributed by atoms with Crippen molar-refractivity contribution in [3.8, 4) is 0 Å². The summed E-state index contributed by atoms with van der Waals surface area (Å²) in [6, 6.07) is 10.0. The van der Waals surface area contributed by atoms with Gasteiger partial charge in [-0.05, 0) is 24.3 Å². The lowest BCUT2D eigenvalue weighted by Crippen LogP contribution is -2.30. The summed E-state index contributed by atoms with van der Waals surface area (Å²) in [5.41, 5.74) is 1.18. The van der Waals surface area contributed by atoms with Crippen molar-refractivity contribution in [3.63, 3.8) is 0 Å². The number of amides is 2. The van der Waals surface area contributed by atoms with Crippen molar-refractivity contribution < 1.29 is 19.1 Å². The first-order valence-corrected chi connectivity index (χ1v) is 7.99. The molecule has 0 aromatic heterocycles. The summed E-state index contributed by atoms with van der Waals surface area (Å²) in [4.78, 5) is 22.9. The quantitative estimate of drug-likeness (QED) is 0.609. The fraction of sp³-hybridized carbons (Fsp3) is 0.444. The maximum atomic E-state index is 11.4. The molecule has 1 atom stereocenters. The topological polar surface area (TPSA) is 76.7 Å². The lowest BCUT2D eigenvalue weighted by Gasteiger charge is -2.18. The van der Waals surface area contributed by atoms with Gasteiger partial charge in [0.2, 0.25) is 5.91 Å². The third kappa shape index (κ3) is 8.33. The first-order valence-electron chi connectivity index (χ1n) is 7.99. The van der Waals surface area contributed by atoms with E-state index >= 15 is 0 Å². The molecule has 0 heterocycles. The van der Waals surface area contributed by atoms with Crippen LogP contribution in [0.4, 0.5) is 4.79 Å². The van der Waals surface area contributed by atoms with E-state index in [9.17, 15) is 9.59 Å². The van der Waals surface area contributed by atoms with Crippen LogP contribution in [-0.4, -0.2) is 45.4 Å². The van der Waals surface area contributed by atoms with E-state index < -0.39 is 6.09 Å². The molecule has 1 rings (SSSR count). The van der Waals surface area contributed by atoms with Crippen LogP contribution in [0.2, 0.25) is 0 Å². The number of methoxy groups -OCH3 is 1. The molecule has 0 spiro atoms. The van der Waals surface area contributed by atoms with Crippen molar-refractivity contribution in [2.75, 3.05) is 33.4 Å². The third-order valence-corrected chi connectivity index (χ3v) is 3.46. The lowest BCUT2D eigenvalue weighted by molar-refractivity contribution is -0.124. The molecule has 0 saturated heterocycles. The Morgan fingerprint density at radius 3 is 2.46 bits per heavy atom. The summed E-state index contributed by atoms with van der Waals surface area (Å²) in [7, 11) is 1.49. The smallest absolute Gasteiger partial charge is 0.407 e. The van der Waals surface area contributed by atoms with Gasteiger partial charge in [-0.15, -0.1) is 0 Å². The summed E-state index contributed by atoms with van der Waals surface area (Å²) >= 11 is 0. The fourth-order valence-corrected chi connectivity index (χ4v) is 2.30. The molecule has 1 aromatic carbocycles. The molecule has 132 valence electrons. The molecule has 0 fully saturated rings. The molecule has 0 aliphatic rings. The first kappa shape index (κ1) is 19.7. The Kier molecular flexibility index (Phi) is 9.96. The highest BCUT2D eigenvalue weighted by Gasteiger charge is 2.12. The van der Waals surface area contributed by atoms with Crippen LogP contribution in [0.15, 0.2) is 43.0 Å². The van der Waals surface area contributed by atoms with Crippen molar-refractivity contribution in [2.24, 2.45) is 0 Å². The van der Waals surface area contributed by atoms with Gasteiger partial charge in [0, 0.05) is 20.2 Å². The minimum atomic E-state index is -0.449. The van der Waals surface area contributed by atoms with Crippen LogP contribution in [0.5, 0.6) is 0 Å². The van der Waals surface area contributed by atoms with Crippen molar-refractivity contribution in [2.45, 2.75) is 18.8 Å². The van der Waals surface area contributed by atoms with Gasteiger partial charge in [0.05, 0.1) is 0 Å². The second kappa shape index (κ2) is 12.1. The predicted octanol–water partition coefficient (Wildman–Crippen LogP) is 2.23. The van der Waals surface area contributed by atoms with Crippen LogP contribution >= 0.6 is 0 Å². The van der Waals surface area contributed by atoms with E-state index in [0.29, 0.717) is 13.1 Å². The molecule has 2 N–H and O–H groups in total. The van der Waals surface area contributed by atoms with Crippen LogP contribution in [0.25, 0.3) is 0 Å². The van der Waals surface area contributed by atoms with Gasteiger partial charge in [0.25, 0.3) is 0 Å². The molecule has 2 amide bonds. The highest BCUT2D eigenvalue weighted by Crippen LogP contribution is 2.22. The molecular formula is C18H26N2O4. The highest BCUT2D eigenvalue weighted by molar-refractivity contribution is 5.77. The third-order valence-electron chi connectivity index (χ3n) is 3.46. The van der Waals surface area contributed by atoms with Gasteiger partial charge in [0.15, 0.2) is 0 Å². The average molecular weight is 334 g/mol. The Bertz CT molecular complexity index is 505. The number of rotatable bonds is 11. The Morgan fingerprint density at radius 1 is 1.17 bits per heavy atom. The Morgan fingerprint density at radius 2 is 1.83 bits per heavy atom. The number of benzene rings is 1. The summed E-state index contributed by atoms with van der Waals surface area (Å²) in [5, 5.41) is 5.54.